The van der Waals surface area contributed by atoms with Crippen molar-refractivity contribution in [1.82, 2.24) is 16.0 Å². The number of nitrogens with one attached hydrogen (secondary N) is 3. The largest absolute Gasteiger partial charge is 0.356 e. The van der Waals surface area contributed by atoms with E-state index in [0.717, 1.165) is 133 Å². The number of hydrogen-bond acceptors (Lipinski definition) is 6. The zero-order valence-electron chi connectivity index (χ0n) is 31.9. The minimum atomic E-state index is -0.311. The van der Waals surface area contributed by atoms with Gasteiger partial charge in [-0.15, -0.1) is 0 Å². The Bertz CT molecular complexity index is 1520. The van der Waals surface area contributed by atoms with Crippen molar-refractivity contribution in [1.29, 1.82) is 0 Å². The van der Waals surface area contributed by atoms with E-state index in [9.17, 15) is 14.4 Å². The van der Waals surface area contributed by atoms with Gasteiger partial charge in [0.1, 0.15) is 0 Å². The van der Waals surface area contributed by atoms with Crippen LogP contribution in [0.4, 0.5) is 0 Å². The highest BCUT2D eigenvalue weighted by atomic mass is 16.2. The van der Waals surface area contributed by atoms with Gasteiger partial charge in [-0.2, -0.15) is 0 Å². The van der Waals surface area contributed by atoms with Gasteiger partial charge in [0.05, 0.1) is 5.92 Å². The summed E-state index contributed by atoms with van der Waals surface area (Å²) >= 11 is 0. The Morgan fingerprint density at radius 2 is 0.962 bits per heavy atom. The van der Waals surface area contributed by atoms with Crippen LogP contribution in [0.2, 0.25) is 0 Å². The van der Waals surface area contributed by atoms with E-state index in [1.54, 1.807) is 0 Å². The number of carbonyl (C=O) groups excluding carboxylic acids is 3. The van der Waals surface area contributed by atoms with Crippen LogP contribution in [0.5, 0.6) is 0 Å². The van der Waals surface area contributed by atoms with Gasteiger partial charge in [-0.3, -0.25) is 14.4 Å². The van der Waals surface area contributed by atoms with Crippen molar-refractivity contribution < 1.29 is 14.4 Å². The predicted molar refractivity (Wildman–Crippen MR) is 215 cm³/mol. The Balaban J connectivity index is 1.36. The molecule has 1 atom stereocenters. The third-order valence-electron chi connectivity index (χ3n) is 11.3. The zero-order valence-corrected chi connectivity index (χ0v) is 31.9. The molecule has 2 aromatic carbocycles. The Morgan fingerprint density at radius 3 is 1.43 bits per heavy atom. The summed E-state index contributed by atoms with van der Waals surface area (Å²) in [5, 5.41) is 9.53. The smallest absolute Gasteiger partial charge is 0.251 e. The molecule has 0 aromatic heterocycles. The molecule has 9 nitrogen and oxygen atoms in total. The molecule has 9 heteroatoms. The van der Waals surface area contributed by atoms with Gasteiger partial charge < -0.3 is 33.2 Å². The number of nitrogens with two attached hydrogens (primary N) is 3. The molecule has 0 heterocycles. The molecule has 2 bridgehead atoms. The lowest BCUT2D eigenvalue weighted by atomic mass is 9.57. The molecule has 1 unspecified atom stereocenters. The number of benzene rings is 2. The fraction of sp³-hybridized carbons (Fsp3) is 0.568. The number of rotatable bonds is 24. The fourth-order valence-corrected chi connectivity index (χ4v) is 8.44. The first kappa shape index (κ1) is 40.4. The van der Waals surface area contributed by atoms with Crippen molar-refractivity contribution >= 4 is 17.7 Å². The number of amides is 3. The number of unbranched alkanes of at least 4 members (excludes halogenated alkanes) is 12. The van der Waals surface area contributed by atoms with Gasteiger partial charge in [0.25, 0.3) is 11.8 Å². The first-order valence-electron chi connectivity index (χ1n) is 20.6. The van der Waals surface area contributed by atoms with E-state index in [2.05, 4.69) is 40.2 Å². The molecule has 6 rings (SSSR count). The molecule has 0 aliphatic heterocycles. The van der Waals surface area contributed by atoms with Crippen LogP contribution in [0, 0.1) is 5.92 Å². The standard InChI is InChI=1S/C44H64N6O3/c45-23-10-4-1-7-13-26-48-42(51)31-19-21-33-37(29-31)41-38-30-32(43(52)49-27-14-8-2-5-11-24-46)20-22-34(38)39(33)35-17-16-18-36(40(35)41)44(53)50-28-15-9-3-6-12-25-47/h16-17,19-22,29-30,36,39,41H,1-15,18,23-28,45-47H2,(H,48,51)(H,49,52)(H,50,53). The van der Waals surface area contributed by atoms with Crippen LogP contribution in [0.15, 0.2) is 59.7 Å². The highest BCUT2D eigenvalue weighted by Crippen LogP contribution is 2.59. The maximum absolute atomic E-state index is 14.0. The van der Waals surface area contributed by atoms with Gasteiger partial charge in [-0.25, -0.2) is 0 Å². The summed E-state index contributed by atoms with van der Waals surface area (Å²) < 4.78 is 0. The quantitative estimate of drug-likeness (QED) is 0.0681. The van der Waals surface area contributed by atoms with Gasteiger partial charge in [-0.1, -0.05) is 82.1 Å². The van der Waals surface area contributed by atoms with Crippen LogP contribution in [0.1, 0.15) is 158 Å². The Morgan fingerprint density at radius 1 is 0.528 bits per heavy atom. The normalized spacial score (nSPS) is 18.0. The molecular formula is C44H64N6O3. The molecule has 53 heavy (non-hydrogen) atoms. The maximum Gasteiger partial charge on any atom is 0.251 e. The molecule has 0 radical (unpaired) electrons. The van der Waals surface area contributed by atoms with Crippen LogP contribution in [0.3, 0.4) is 0 Å². The third kappa shape index (κ3) is 10.5. The first-order chi connectivity index (χ1) is 26.0. The van der Waals surface area contributed by atoms with E-state index in [0.29, 0.717) is 37.2 Å². The summed E-state index contributed by atoms with van der Waals surface area (Å²) in [5.41, 5.74) is 24.9. The van der Waals surface area contributed by atoms with E-state index < -0.39 is 0 Å². The van der Waals surface area contributed by atoms with Gasteiger partial charge in [-0.05, 0) is 122 Å². The highest BCUT2D eigenvalue weighted by Gasteiger charge is 2.47. The first-order valence-corrected chi connectivity index (χ1v) is 20.6. The zero-order chi connectivity index (χ0) is 37.4. The average Bonchev–Trinajstić information content (AvgIpc) is 3.18. The second-order valence-corrected chi connectivity index (χ2v) is 15.1. The predicted octanol–water partition coefficient (Wildman–Crippen LogP) is 6.45. The molecule has 4 aliphatic carbocycles. The molecular weight excluding hydrogens is 661 g/mol. The highest BCUT2D eigenvalue weighted by molar-refractivity contribution is 5.96. The number of carbonyl (C=O) groups is 3. The van der Waals surface area contributed by atoms with Crippen LogP contribution in [-0.4, -0.2) is 57.0 Å². The molecule has 0 spiro atoms. The lowest BCUT2D eigenvalue weighted by Gasteiger charge is -2.46. The van der Waals surface area contributed by atoms with Crippen LogP contribution in [-0.2, 0) is 4.79 Å². The Kier molecular flexibility index (Phi) is 16.2. The van der Waals surface area contributed by atoms with Crippen LogP contribution in [0.25, 0.3) is 0 Å². The van der Waals surface area contributed by atoms with Crippen molar-refractivity contribution in [3.8, 4) is 0 Å². The maximum atomic E-state index is 14.0. The van der Waals surface area contributed by atoms with Gasteiger partial charge in [0.15, 0.2) is 0 Å². The molecule has 288 valence electrons. The molecule has 3 amide bonds. The second kappa shape index (κ2) is 21.2. The summed E-state index contributed by atoms with van der Waals surface area (Å²) in [6, 6.07) is 12.2. The summed E-state index contributed by atoms with van der Waals surface area (Å²) in [6.07, 6.45) is 20.9. The Hall–Kier alpha value is -3.79. The molecule has 0 fully saturated rings. The lowest BCUT2D eigenvalue weighted by molar-refractivity contribution is -0.124. The van der Waals surface area contributed by atoms with Crippen molar-refractivity contribution in [3.05, 3.63) is 93.1 Å². The summed E-state index contributed by atoms with van der Waals surface area (Å²) in [7, 11) is 0. The second-order valence-electron chi connectivity index (χ2n) is 15.1. The third-order valence-corrected chi connectivity index (χ3v) is 11.3. The van der Waals surface area contributed by atoms with Crippen molar-refractivity contribution in [2.45, 2.75) is 115 Å². The van der Waals surface area contributed by atoms with Gasteiger partial charge >= 0.3 is 0 Å². The number of hydrogen-bond donors (Lipinski definition) is 6. The minimum Gasteiger partial charge on any atom is -0.356 e. The minimum absolute atomic E-state index is 0.0557. The van der Waals surface area contributed by atoms with E-state index >= 15 is 0 Å². The monoisotopic (exact) mass is 725 g/mol. The van der Waals surface area contributed by atoms with E-state index in [4.69, 9.17) is 17.2 Å². The van der Waals surface area contributed by atoms with Crippen LogP contribution >= 0.6 is 0 Å². The summed E-state index contributed by atoms with van der Waals surface area (Å²) in [6.45, 7) is 4.09. The summed E-state index contributed by atoms with van der Waals surface area (Å²) in [4.78, 5) is 40.9. The Labute approximate surface area is 317 Å². The van der Waals surface area contributed by atoms with Crippen molar-refractivity contribution in [3.63, 3.8) is 0 Å². The van der Waals surface area contributed by atoms with Gasteiger partial charge in [0, 0.05) is 42.6 Å². The fourth-order valence-electron chi connectivity index (χ4n) is 8.44. The van der Waals surface area contributed by atoms with E-state index in [-0.39, 0.29) is 35.5 Å². The average molecular weight is 725 g/mol. The molecule has 9 N–H and O–H groups in total. The van der Waals surface area contributed by atoms with Gasteiger partial charge in [0.2, 0.25) is 5.91 Å². The van der Waals surface area contributed by atoms with Crippen LogP contribution < -0.4 is 33.2 Å². The molecule has 0 saturated heterocycles. The van der Waals surface area contributed by atoms with Crippen molar-refractivity contribution in [2.24, 2.45) is 23.1 Å². The van der Waals surface area contributed by atoms with Crippen molar-refractivity contribution in [2.75, 3.05) is 39.3 Å². The molecule has 4 aliphatic rings. The lowest BCUT2D eigenvalue weighted by Crippen LogP contribution is -2.39. The SMILES string of the molecule is NCCCCCCCNC(=O)c1ccc2c(c1)C1C3=C(C=CCC3C(=O)NCCCCCCCN)C2c2ccc(C(=O)NCCCCCCCN)cc21. The molecule has 2 aromatic rings. The number of allylic oxidation sites excluding steroid dienone is 3. The van der Waals surface area contributed by atoms with E-state index in [1.165, 1.54) is 16.7 Å². The topological polar surface area (TPSA) is 165 Å². The van der Waals surface area contributed by atoms with E-state index in [1.807, 2.05) is 24.3 Å². The molecule has 0 saturated carbocycles. The summed E-state index contributed by atoms with van der Waals surface area (Å²) in [5.74, 6) is -0.694.